The molecule has 0 radical (unpaired) electrons. The van der Waals surface area contributed by atoms with Crippen LogP contribution in [0.4, 0.5) is 4.79 Å². The zero-order valence-electron chi connectivity index (χ0n) is 26.5. The average molecular weight is 601 g/mol. The van der Waals surface area contributed by atoms with Gasteiger partial charge >= 0.3 is 6.09 Å². The molecular formula is C36H44N2O6. The number of fused-ring (bicyclic) bond motifs is 4. The highest BCUT2D eigenvalue weighted by molar-refractivity contribution is 5.71. The first-order valence-corrected chi connectivity index (χ1v) is 15.7. The van der Waals surface area contributed by atoms with Crippen molar-refractivity contribution in [3.63, 3.8) is 0 Å². The Hall–Kier alpha value is -3.91. The van der Waals surface area contributed by atoms with Crippen LogP contribution in [0.3, 0.4) is 0 Å². The smallest absolute Gasteiger partial charge is 0.415 e. The number of nitrogens with zero attached hydrogens (tertiary/aromatic N) is 2. The summed E-state index contributed by atoms with van der Waals surface area (Å²) in [6.45, 7) is 4.87. The van der Waals surface area contributed by atoms with Crippen LogP contribution < -0.4 is 23.7 Å². The lowest BCUT2D eigenvalue weighted by Crippen LogP contribution is -2.54. The number of hydrogen-bond acceptors (Lipinski definition) is 7. The maximum atomic E-state index is 14.0. The van der Waals surface area contributed by atoms with E-state index in [1.807, 2.05) is 35.2 Å². The Labute approximate surface area is 260 Å². The predicted octanol–water partition coefficient (Wildman–Crippen LogP) is 6.33. The van der Waals surface area contributed by atoms with Crippen molar-refractivity contribution in [2.24, 2.45) is 11.8 Å². The molecule has 1 fully saturated rings. The van der Waals surface area contributed by atoms with Crippen molar-refractivity contribution < 1.29 is 28.5 Å². The molecule has 3 aliphatic heterocycles. The standard InChI is InChI=1S/C36H44N2O6/c1-6-23-22-37-14-12-25-18-33(41-3)35(43-5)21-29(25)30(37)20-28(23)31-16-26-19-34(42-4)32(40-2)17-24(26)13-15-38(31)36(39)44-27-10-8-7-9-11-27/h7-11,17-19,21,23,28,30-31H,6,12-16,20,22H2,1-5H3. The fourth-order valence-corrected chi connectivity index (χ4v) is 7.75. The maximum Gasteiger partial charge on any atom is 0.415 e. The summed E-state index contributed by atoms with van der Waals surface area (Å²) in [7, 11) is 6.73. The number of amides is 1. The van der Waals surface area contributed by atoms with Gasteiger partial charge in [-0.3, -0.25) is 4.90 Å². The molecule has 3 aromatic rings. The Morgan fingerprint density at radius 2 is 1.41 bits per heavy atom. The van der Waals surface area contributed by atoms with E-state index in [0.717, 1.165) is 62.4 Å². The maximum absolute atomic E-state index is 14.0. The van der Waals surface area contributed by atoms with Gasteiger partial charge in [-0.2, -0.15) is 0 Å². The van der Waals surface area contributed by atoms with Crippen molar-refractivity contribution in [3.05, 3.63) is 76.9 Å². The van der Waals surface area contributed by atoms with Crippen LogP contribution >= 0.6 is 0 Å². The van der Waals surface area contributed by atoms with E-state index in [1.54, 1.807) is 28.4 Å². The minimum atomic E-state index is -0.291. The Bertz CT molecular complexity index is 1480. The minimum absolute atomic E-state index is 0.0387. The molecule has 3 aromatic carbocycles. The zero-order chi connectivity index (χ0) is 30.8. The summed E-state index contributed by atoms with van der Waals surface area (Å²) in [5.74, 6) is 4.23. The van der Waals surface area contributed by atoms with E-state index in [0.29, 0.717) is 24.0 Å². The van der Waals surface area contributed by atoms with Crippen LogP contribution in [0.5, 0.6) is 28.7 Å². The van der Waals surface area contributed by atoms with Crippen LogP contribution in [0, 0.1) is 11.8 Å². The highest BCUT2D eigenvalue weighted by Crippen LogP contribution is 2.48. The molecule has 0 aromatic heterocycles. The fraction of sp³-hybridized carbons (Fsp3) is 0.472. The lowest BCUT2D eigenvalue weighted by atomic mass is 9.71. The minimum Gasteiger partial charge on any atom is -0.493 e. The quantitative estimate of drug-likeness (QED) is 0.314. The Morgan fingerprint density at radius 1 is 0.795 bits per heavy atom. The number of carbonyl (C=O) groups is 1. The van der Waals surface area contributed by atoms with Crippen molar-refractivity contribution in [1.82, 2.24) is 9.80 Å². The molecule has 8 nitrogen and oxygen atoms in total. The molecule has 3 heterocycles. The molecular weight excluding hydrogens is 556 g/mol. The number of piperidine rings is 1. The van der Waals surface area contributed by atoms with Gasteiger partial charge in [0.1, 0.15) is 5.75 Å². The molecule has 4 atom stereocenters. The molecule has 234 valence electrons. The molecule has 0 aliphatic carbocycles. The number of ether oxygens (including phenoxy) is 5. The van der Waals surface area contributed by atoms with E-state index in [2.05, 4.69) is 36.1 Å². The van der Waals surface area contributed by atoms with Crippen LogP contribution in [0.25, 0.3) is 0 Å². The monoisotopic (exact) mass is 600 g/mol. The Balaban J connectivity index is 1.39. The summed E-state index contributed by atoms with van der Waals surface area (Å²) < 4.78 is 28.7. The highest BCUT2D eigenvalue weighted by atomic mass is 16.6. The highest BCUT2D eigenvalue weighted by Gasteiger charge is 2.45. The van der Waals surface area contributed by atoms with Crippen molar-refractivity contribution in [2.45, 2.75) is 51.1 Å². The molecule has 4 unspecified atom stereocenters. The number of rotatable bonds is 7. The summed E-state index contributed by atoms with van der Waals surface area (Å²) in [5, 5.41) is 0. The molecule has 0 bridgehead atoms. The van der Waals surface area contributed by atoms with E-state index >= 15 is 0 Å². The average Bonchev–Trinajstić information content (AvgIpc) is 3.25. The van der Waals surface area contributed by atoms with E-state index in [4.69, 9.17) is 23.7 Å². The third kappa shape index (κ3) is 5.68. The van der Waals surface area contributed by atoms with Crippen molar-refractivity contribution >= 4 is 6.09 Å². The van der Waals surface area contributed by atoms with Crippen molar-refractivity contribution in [2.75, 3.05) is 48.1 Å². The van der Waals surface area contributed by atoms with Crippen molar-refractivity contribution in [1.29, 1.82) is 0 Å². The molecule has 0 N–H and O–H groups in total. The normalized spacial score (nSPS) is 23.0. The summed E-state index contributed by atoms with van der Waals surface area (Å²) in [4.78, 5) is 18.7. The van der Waals surface area contributed by atoms with Gasteiger partial charge in [0.2, 0.25) is 0 Å². The lowest BCUT2D eigenvalue weighted by molar-refractivity contribution is 0.00827. The van der Waals surface area contributed by atoms with Gasteiger partial charge in [-0.15, -0.1) is 0 Å². The number of methoxy groups -OCH3 is 4. The molecule has 0 saturated carbocycles. The number of para-hydroxylation sites is 1. The van der Waals surface area contributed by atoms with Crippen molar-refractivity contribution in [3.8, 4) is 28.7 Å². The van der Waals surface area contributed by atoms with E-state index in [1.165, 1.54) is 22.3 Å². The summed E-state index contributed by atoms with van der Waals surface area (Å²) >= 11 is 0. The molecule has 8 heteroatoms. The third-order valence-corrected chi connectivity index (χ3v) is 10.0. The third-order valence-electron chi connectivity index (χ3n) is 10.0. The molecule has 1 saturated heterocycles. The van der Waals surface area contributed by atoms with Gasteiger partial charge in [-0.25, -0.2) is 4.79 Å². The van der Waals surface area contributed by atoms with Gasteiger partial charge in [0.15, 0.2) is 23.0 Å². The van der Waals surface area contributed by atoms with Gasteiger partial charge in [0.05, 0.1) is 28.4 Å². The molecule has 3 aliphatic rings. The van der Waals surface area contributed by atoms with Crippen LogP contribution in [0.2, 0.25) is 0 Å². The van der Waals surface area contributed by atoms with E-state index in [-0.39, 0.29) is 24.1 Å². The first kappa shape index (κ1) is 30.1. The first-order chi connectivity index (χ1) is 21.5. The van der Waals surface area contributed by atoms with Gasteiger partial charge in [0, 0.05) is 31.7 Å². The molecule has 6 rings (SSSR count). The predicted molar refractivity (Wildman–Crippen MR) is 169 cm³/mol. The van der Waals surface area contributed by atoms with Gasteiger partial charge < -0.3 is 28.6 Å². The summed E-state index contributed by atoms with van der Waals surface area (Å²) in [5.41, 5.74) is 5.02. The first-order valence-electron chi connectivity index (χ1n) is 15.7. The fourth-order valence-electron chi connectivity index (χ4n) is 7.75. The van der Waals surface area contributed by atoms with Crippen LogP contribution in [0.1, 0.15) is 48.1 Å². The number of benzene rings is 3. The second kappa shape index (κ2) is 13.0. The Morgan fingerprint density at radius 3 is 2.07 bits per heavy atom. The van der Waals surface area contributed by atoms with E-state index < -0.39 is 0 Å². The van der Waals surface area contributed by atoms with Crippen LogP contribution in [-0.4, -0.2) is 70.0 Å². The van der Waals surface area contributed by atoms with E-state index in [9.17, 15) is 4.79 Å². The number of carbonyl (C=O) groups excluding carboxylic acids is 1. The van der Waals surface area contributed by atoms with Gasteiger partial charge in [-0.1, -0.05) is 31.5 Å². The molecule has 44 heavy (non-hydrogen) atoms. The second-order valence-corrected chi connectivity index (χ2v) is 12.1. The second-order valence-electron chi connectivity index (χ2n) is 12.1. The molecule has 1 amide bonds. The largest absolute Gasteiger partial charge is 0.493 e. The lowest BCUT2D eigenvalue weighted by Gasteiger charge is -2.50. The molecule has 0 spiro atoms. The summed E-state index contributed by atoms with van der Waals surface area (Å²) in [6.07, 6.45) is 4.13. The van der Waals surface area contributed by atoms with Gasteiger partial charge in [0.25, 0.3) is 0 Å². The SMILES string of the molecule is CCC1CN2CCc3cc(OC)c(OC)cc3C2CC1C1Cc2cc(OC)c(OC)cc2CCN1C(=O)Oc1ccccc1. The van der Waals surface area contributed by atoms with Crippen LogP contribution in [-0.2, 0) is 19.3 Å². The number of hydrogen-bond donors (Lipinski definition) is 0. The Kier molecular flexibility index (Phi) is 8.89. The van der Waals surface area contributed by atoms with Crippen LogP contribution in [0.15, 0.2) is 54.6 Å². The zero-order valence-corrected chi connectivity index (χ0v) is 26.5. The summed E-state index contributed by atoms with van der Waals surface area (Å²) in [6, 6.07) is 18.1. The van der Waals surface area contributed by atoms with Gasteiger partial charge in [-0.05, 0) is 96.2 Å². The topological polar surface area (TPSA) is 69.7 Å².